The van der Waals surface area contributed by atoms with Crippen molar-refractivity contribution in [3.8, 4) is 5.75 Å². The van der Waals surface area contributed by atoms with Gasteiger partial charge in [0.05, 0.1) is 24.8 Å². The zero-order chi connectivity index (χ0) is 15.9. The van der Waals surface area contributed by atoms with Crippen molar-refractivity contribution in [3.63, 3.8) is 0 Å². The molecule has 120 valence electrons. The first-order valence-electron chi connectivity index (χ1n) is 7.54. The fraction of sp³-hybridized carbons (Fsp3) is 0.562. The smallest absolute Gasteiger partial charge is 0.240 e. The Morgan fingerprint density at radius 2 is 2.18 bits per heavy atom. The molecular weight excluding hydrogens is 287 g/mol. The number of amides is 1. The Morgan fingerprint density at radius 1 is 1.50 bits per heavy atom. The van der Waals surface area contributed by atoms with E-state index in [4.69, 9.17) is 10.5 Å². The van der Waals surface area contributed by atoms with E-state index < -0.39 is 11.6 Å². The van der Waals surface area contributed by atoms with Crippen molar-refractivity contribution in [3.05, 3.63) is 29.6 Å². The molecule has 0 aromatic heterocycles. The summed E-state index contributed by atoms with van der Waals surface area (Å²) < 4.78 is 18.9. The van der Waals surface area contributed by atoms with Crippen LogP contribution in [0.3, 0.4) is 0 Å². The topological polar surface area (TPSA) is 84.6 Å². The van der Waals surface area contributed by atoms with Crippen LogP contribution >= 0.6 is 0 Å². The molecule has 2 aliphatic rings. The van der Waals surface area contributed by atoms with Crippen molar-refractivity contribution in [2.75, 3.05) is 7.11 Å². The molecule has 0 radical (unpaired) electrons. The SMILES string of the molecule is COc1ccc(F)cc1C(NC(=O)C1(N)CC1)C1CC(O)C1. The largest absolute Gasteiger partial charge is 0.496 e. The average Bonchev–Trinajstić information content (AvgIpc) is 3.21. The zero-order valence-corrected chi connectivity index (χ0v) is 12.5. The predicted octanol–water partition coefficient (Wildman–Crippen LogP) is 1.25. The summed E-state index contributed by atoms with van der Waals surface area (Å²) in [6.45, 7) is 0. The summed E-state index contributed by atoms with van der Waals surface area (Å²) in [5, 5.41) is 12.5. The number of hydrogen-bond acceptors (Lipinski definition) is 4. The maximum Gasteiger partial charge on any atom is 0.240 e. The molecule has 2 fully saturated rings. The lowest BCUT2D eigenvalue weighted by molar-refractivity contribution is -0.125. The number of nitrogens with one attached hydrogen (secondary N) is 1. The lowest BCUT2D eigenvalue weighted by Gasteiger charge is -2.39. The van der Waals surface area contributed by atoms with E-state index in [1.165, 1.54) is 19.2 Å². The van der Waals surface area contributed by atoms with Crippen LogP contribution in [0, 0.1) is 11.7 Å². The Bertz CT molecular complexity index is 583. The molecule has 2 aliphatic carbocycles. The van der Waals surface area contributed by atoms with E-state index >= 15 is 0 Å². The van der Waals surface area contributed by atoms with E-state index in [9.17, 15) is 14.3 Å². The van der Waals surface area contributed by atoms with Gasteiger partial charge in [0.15, 0.2) is 0 Å². The Balaban J connectivity index is 1.88. The summed E-state index contributed by atoms with van der Waals surface area (Å²) in [5.74, 6) is -0.0269. The zero-order valence-electron chi connectivity index (χ0n) is 12.5. The number of rotatable bonds is 5. The lowest BCUT2D eigenvalue weighted by Crippen LogP contribution is -2.48. The molecule has 1 amide bonds. The predicted molar refractivity (Wildman–Crippen MR) is 78.7 cm³/mol. The van der Waals surface area contributed by atoms with Crippen LogP contribution < -0.4 is 15.8 Å². The van der Waals surface area contributed by atoms with Crippen molar-refractivity contribution in [2.45, 2.75) is 43.4 Å². The quantitative estimate of drug-likeness (QED) is 0.764. The van der Waals surface area contributed by atoms with Crippen LogP contribution in [0.1, 0.15) is 37.3 Å². The van der Waals surface area contributed by atoms with Crippen LogP contribution in [0.15, 0.2) is 18.2 Å². The molecule has 1 aromatic rings. The van der Waals surface area contributed by atoms with Crippen LogP contribution in [-0.4, -0.2) is 29.8 Å². The third-order valence-electron chi connectivity index (χ3n) is 4.68. The van der Waals surface area contributed by atoms with Crippen LogP contribution in [0.2, 0.25) is 0 Å². The number of ether oxygens (including phenoxy) is 1. The molecule has 0 spiro atoms. The van der Waals surface area contributed by atoms with Gasteiger partial charge in [-0.05, 0) is 49.8 Å². The Labute approximate surface area is 128 Å². The van der Waals surface area contributed by atoms with Gasteiger partial charge in [0.25, 0.3) is 0 Å². The summed E-state index contributed by atoms with van der Waals surface area (Å²) in [6, 6.07) is 3.85. The van der Waals surface area contributed by atoms with Crippen molar-refractivity contribution >= 4 is 5.91 Å². The van der Waals surface area contributed by atoms with Gasteiger partial charge in [0, 0.05) is 5.56 Å². The summed E-state index contributed by atoms with van der Waals surface area (Å²) >= 11 is 0. The van der Waals surface area contributed by atoms with Crippen LogP contribution in [0.5, 0.6) is 5.75 Å². The fourth-order valence-electron chi connectivity index (χ4n) is 2.95. The minimum Gasteiger partial charge on any atom is -0.496 e. The summed E-state index contributed by atoms with van der Waals surface area (Å²) in [5.41, 5.74) is 5.74. The molecule has 5 nitrogen and oxygen atoms in total. The average molecular weight is 308 g/mol. The van der Waals surface area contributed by atoms with Gasteiger partial charge in [0.1, 0.15) is 11.6 Å². The molecule has 22 heavy (non-hydrogen) atoms. The molecule has 0 aliphatic heterocycles. The standard InChI is InChI=1S/C16H21FN2O3/c1-22-13-3-2-10(17)8-12(13)14(9-6-11(20)7-9)19-15(21)16(18)4-5-16/h2-3,8-9,11,14,20H,4-7,18H2,1H3,(H,19,21). The molecule has 0 bridgehead atoms. The first-order valence-corrected chi connectivity index (χ1v) is 7.54. The third kappa shape index (κ3) is 2.80. The van der Waals surface area contributed by atoms with Crippen molar-refractivity contribution < 1.29 is 19.0 Å². The number of halogens is 1. The number of carbonyl (C=O) groups is 1. The van der Waals surface area contributed by atoms with E-state index in [0.29, 0.717) is 37.0 Å². The van der Waals surface area contributed by atoms with Crippen molar-refractivity contribution in [1.82, 2.24) is 5.32 Å². The monoisotopic (exact) mass is 308 g/mol. The molecule has 3 rings (SSSR count). The second-order valence-electron chi connectivity index (χ2n) is 6.38. The van der Waals surface area contributed by atoms with E-state index in [2.05, 4.69) is 5.32 Å². The van der Waals surface area contributed by atoms with Crippen molar-refractivity contribution in [2.24, 2.45) is 11.7 Å². The van der Waals surface area contributed by atoms with Crippen LogP contribution in [0.4, 0.5) is 4.39 Å². The number of aliphatic hydroxyl groups is 1. The Hall–Kier alpha value is -1.66. The van der Waals surface area contributed by atoms with Crippen LogP contribution in [-0.2, 0) is 4.79 Å². The normalized spacial score (nSPS) is 26.7. The Kier molecular flexibility index (Phi) is 3.82. The first kappa shape index (κ1) is 15.2. The van der Waals surface area contributed by atoms with E-state index in [0.717, 1.165) is 0 Å². The van der Waals surface area contributed by atoms with E-state index in [-0.39, 0.29) is 23.7 Å². The number of aliphatic hydroxyl groups excluding tert-OH is 1. The van der Waals surface area contributed by atoms with Gasteiger partial charge in [-0.1, -0.05) is 0 Å². The lowest BCUT2D eigenvalue weighted by atomic mass is 9.74. The highest BCUT2D eigenvalue weighted by Gasteiger charge is 2.48. The molecule has 6 heteroatoms. The summed E-state index contributed by atoms with van der Waals surface area (Å²) in [6.07, 6.45) is 2.11. The molecule has 0 saturated heterocycles. The fourth-order valence-corrected chi connectivity index (χ4v) is 2.95. The number of methoxy groups -OCH3 is 1. The molecule has 2 saturated carbocycles. The van der Waals surface area contributed by atoms with Crippen LogP contribution in [0.25, 0.3) is 0 Å². The number of benzene rings is 1. The van der Waals surface area contributed by atoms with Gasteiger partial charge in [-0.25, -0.2) is 4.39 Å². The first-order chi connectivity index (χ1) is 10.4. The van der Waals surface area contributed by atoms with Gasteiger partial charge in [-0.3, -0.25) is 4.79 Å². The maximum atomic E-state index is 13.6. The third-order valence-corrected chi connectivity index (χ3v) is 4.68. The minimum absolute atomic E-state index is 0.0528. The molecule has 0 heterocycles. The van der Waals surface area contributed by atoms with Gasteiger partial charge in [-0.15, -0.1) is 0 Å². The van der Waals surface area contributed by atoms with Gasteiger partial charge in [0.2, 0.25) is 5.91 Å². The highest BCUT2D eigenvalue weighted by Crippen LogP contribution is 2.42. The highest BCUT2D eigenvalue weighted by atomic mass is 19.1. The molecular formula is C16H21FN2O3. The molecule has 4 N–H and O–H groups in total. The van der Waals surface area contributed by atoms with Gasteiger partial charge in [-0.2, -0.15) is 0 Å². The number of carbonyl (C=O) groups excluding carboxylic acids is 1. The molecule has 1 unspecified atom stereocenters. The second kappa shape index (κ2) is 5.52. The Morgan fingerprint density at radius 3 is 2.73 bits per heavy atom. The number of hydrogen-bond donors (Lipinski definition) is 3. The van der Waals surface area contributed by atoms with Crippen molar-refractivity contribution in [1.29, 1.82) is 0 Å². The summed E-state index contributed by atoms with van der Waals surface area (Å²) in [4.78, 5) is 12.3. The summed E-state index contributed by atoms with van der Waals surface area (Å²) in [7, 11) is 1.51. The maximum absolute atomic E-state index is 13.6. The van der Waals surface area contributed by atoms with Gasteiger partial charge < -0.3 is 20.9 Å². The highest BCUT2D eigenvalue weighted by molar-refractivity contribution is 5.89. The van der Waals surface area contributed by atoms with E-state index in [1.54, 1.807) is 6.07 Å². The number of nitrogens with two attached hydrogens (primary N) is 1. The molecule has 1 aromatic carbocycles. The molecule has 1 atom stereocenters. The van der Waals surface area contributed by atoms with E-state index in [1.807, 2.05) is 0 Å². The second-order valence-corrected chi connectivity index (χ2v) is 6.38. The minimum atomic E-state index is -0.791. The van der Waals surface area contributed by atoms with Gasteiger partial charge >= 0.3 is 0 Å².